The zero-order valence-electron chi connectivity index (χ0n) is 10.8. The van der Waals surface area contributed by atoms with Crippen LogP contribution in [0.5, 0.6) is 0 Å². The summed E-state index contributed by atoms with van der Waals surface area (Å²) in [5.74, 6) is 0.826. The van der Waals surface area contributed by atoms with Crippen LogP contribution in [-0.2, 0) is 11.8 Å². The monoisotopic (exact) mass is 238 g/mol. The predicted octanol–water partition coefficient (Wildman–Crippen LogP) is 2.90. The number of aromatic nitrogens is 1. The van der Waals surface area contributed by atoms with Crippen molar-refractivity contribution in [3.8, 4) is 0 Å². The minimum atomic E-state index is 0.196. The molecule has 1 aliphatic heterocycles. The fourth-order valence-electron chi connectivity index (χ4n) is 2.09. The van der Waals surface area contributed by atoms with E-state index in [0.717, 1.165) is 5.92 Å². The second-order valence-electron chi connectivity index (χ2n) is 5.84. The van der Waals surface area contributed by atoms with Gasteiger partial charge >= 0.3 is 0 Å². The summed E-state index contributed by atoms with van der Waals surface area (Å²) in [6.07, 6.45) is 2.54. The third kappa shape index (κ3) is 2.64. The maximum Gasteiger partial charge on any atom is 0.0984 e. The molecule has 1 aliphatic rings. The molecule has 2 rings (SSSR count). The van der Waals surface area contributed by atoms with E-state index >= 15 is 0 Å². The Morgan fingerprint density at radius 2 is 2.19 bits per heavy atom. The van der Waals surface area contributed by atoms with Crippen LogP contribution >= 0.6 is 11.3 Å². The van der Waals surface area contributed by atoms with Crippen molar-refractivity contribution in [3.63, 3.8) is 0 Å². The highest BCUT2D eigenvalue weighted by Crippen LogP contribution is 2.31. The smallest absolute Gasteiger partial charge is 0.0984 e. The van der Waals surface area contributed by atoms with E-state index in [0.29, 0.717) is 0 Å². The van der Waals surface area contributed by atoms with Crippen LogP contribution in [0, 0.1) is 12.8 Å². The molecule has 0 spiro atoms. The highest BCUT2D eigenvalue weighted by molar-refractivity contribution is 7.11. The largest absolute Gasteiger partial charge is 0.316 e. The first kappa shape index (κ1) is 12.1. The van der Waals surface area contributed by atoms with Gasteiger partial charge in [0.1, 0.15) is 0 Å². The maximum absolute atomic E-state index is 4.72. The summed E-state index contributed by atoms with van der Waals surface area (Å²) in [6, 6.07) is 0. The SMILES string of the molecule is Cc1nc(C(C)(C)C)sc1CC1CCNC1. The number of hydrogen-bond acceptors (Lipinski definition) is 3. The van der Waals surface area contributed by atoms with Crippen LogP contribution in [0.4, 0.5) is 0 Å². The van der Waals surface area contributed by atoms with E-state index in [4.69, 9.17) is 4.98 Å². The Morgan fingerprint density at radius 1 is 1.44 bits per heavy atom. The van der Waals surface area contributed by atoms with Crippen molar-refractivity contribution in [2.45, 2.75) is 46.0 Å². The molecule has 1 N–H and O–H groups in total. The highest BCUT2D eigenvalue weighted by atomic mass is 32.1. The summed E-state index contributed by atoms with van der Waals surface area (Å²) in [6.45, 7) is 11.3. The topological polar surface area (TPSA) is 24.9 Å². The van der Waals surface area contributed by atoms with Gasteiger partial charge in [0.2, 0.25) is 0 Å². The first-order chi connectivity index (χ1) is 7.47. The molecule has 0 aromatic carbocycles. The summed E-state index contributed by atoms with van der Waals surface area (Å²) in [7, 11) is 0. The molecule has 0 saturated carbocycles. The van der Waals surface area contributed by atoms with E-state index < -0.39 is 0 Å². The third-order valence-electron chi connectivity index (χ3n) is 3.17. The summed E-state index contributed by atoms with van der Waals surface area (Å²) in [5.41, 5.74) is 1.45. The number of thiazole rings is 1. The van der Waals surface area contributed by atoms with E-state index in [1.165, 1.54) is 41.5 Å². The lowest BCUT2D eigenvalue weighted by Gasteiger charge is -2.13. The fourth-order valence-corrected chi connectivity index (χ4v) is 3.32. The van der Waals surface area contributed by atoms with Gasteiger partial charge in [-0.2, -0.15) is 0 Å². The fraction of sp³-hybridized carbons (Fsp3) is 0.769. The van der Waals surface area contributed by atoms with Crippen LogP contribution in [0.3, 0.4) is 0 Å². The lowest BCUT2D eigenvalue weighted by Crippen LogP contribution is -2.10. The van der Waals surface area contributed by atoms with E-state index in [9.17, 15) is 0 Å². The second-order valence-corrected chi connectivity index (χ2v) is 6.92. The lowest BCUT2D eigenvalue weighted by molar-refractivity contribution is 0.580. The van der Waals surface area contributed by atoms with Gasteiger partial charge in [0.05, 0.1) is 10.7 Å². The molecule has 0 aliphatic carbocycles. The normalized spacial score (nSPS) is 21.6. The molecule has 1 saturated heterocycles. The first-order valence-corrected chi connectivity index (χ1v) is 6.96. The van der Waals surface area contributed by atoms with Crippen LogP contribution in [0.15, 0.2) is 0 Å². The number of aryl methyl sites for hydroxylation is 1. The zero-order valence-corrected chi connectivity index (χ0v) is 11.6. The molecular weight excluding hydrogens is 216 g/mol. The Bertz CT molecular complexity index is 356. The second kappa shape index (κ2) is 4.46. The highest BCUT2D eigenvalue weighted by Gasteiger charge is 2.22. The molecule has 0 bridgehead atoms. The Kier molecular flexibility index (Phi) is 3.36. The van der Waals surface area contributed by atoms with Gasteiger partial charge in [-0.1, -0.05) is 20.8 Å². The number of nitrogens with zero attached hydrogens (tertiary/aromatic N) is 1. The van der Waals surface area contributed by atoms with Crippen LogP contribution in [0.1, 0.15) is 42.8 Å². The van der Waals surface area contributed by atoms with Crippen molar-refractivity contribution in [2.75, 3.05) is 13.1 Å². The molecule has 1 aromatic rings. The molecular formula is C13H22N2S. The van der Waals surface area contributed by atoms with Crippen molar-refractivity contribution in [1.82, 2.24) is 10.3 Å². The Labute approximate surface area is 102 Å². The first-order valence-electron chi connectivity index (χ1n) is 6.14. The lowest BCUT2D eigenvalue weighted by atomic mass is 9.98. The molecule has 3 heteroatoms. The van der Waals surface area contributed by atoms with Crippen molar-refractivity contribution in [3.05, 3.63) is 15.6 Å². The molecule has 90 valence electrons. The van der Waals surface area contributed by atoms with Crippen LogP contribution < -0.4 is 5.32 Å². The molecule has 0 amide bonds. The van der Waals surface area contributed by atoms with Crippen molar-refractivity contribution >= 4 is 11.3 Å². The zero-order chi connectivity index (χ0) is 11.8. The molecule has 1 fully saturated rings. The molecule has 16 heavy (non-hydrogen) atoms. The molecule has 1 atom stereocenters. The van der Waals surface area contributed by atoms with E-state index in [-0.39, 0.29) is 5.41 Å². The molecule has 0 radical (unpaired) electrons. The molecule has 2 nitrogen and oxygen atoms in total. The summed E-state index contributed by atoms with van der Waals surface area (Å²) in [5, 5.41) is 4.72. The van der Waals surface area contributed by atoms with E-state index in [1.807, 2.05) is 11.3 Å². The number of nitrogens with one attached hydrogen (secondary N) is 1. The third-order valence-corrected chi connectivity index (χ3v) is 4.78. The summed E-state index contributed by atoms with van der Waals surface area (Å²) in [4.78, 5) is 6.22. The predicted molar refractivity (Wildman–Crippen MR) is 70.2 cm³/mol. The molecule has 1 aromatic heterocycles. The standard InChI is InChI=1S/C13H22N2S/c1-9-11(7-10-5-6-14-8-10)16-12(15-9)13(2,3)4/h10,14H,5-8H2,1-4H3. The summed E-state index contributed by atoms with van der Waals surface area (Å²) < 4.78 is 0. The van der Waals surface area contributed by atoms with Crippen molar-refractivity contribution < 1.29 is 0 Å². The Morgan fingerprint density at radius 3 is 2.69 bits per heavy atom. The van der Waals surface area contributed by atoms with Gasteiger partial charge in [0, 0.05) is 10.3 Å². The van der Waals surface area contributed by atoms with Crippen LogP contribution in [0.2, 0.25) is 0 Å². The maximum atomic E-state index is 4.72. The summed E-state index contributed by atoms with van der Waals surface area (Å²) >= 11 is 1.91. The van der Waals surface area contributed by atoms with Crippen molar-refractivity contribution in [1.29, 1.82) is 0 Å². The van der Waals surface area contributed by atoms with Gasteiger partial charge in [-0.15, -0.1) is 11.3 Å². The van der Waals surface area contributed by atoms with Crippen molar-refractivity contribution in [2.24, 2.45) is 5.92 Å². The minimum Gasteiger partial charge on any atom is -0.316 e. The van der Waals surface area contributed by atoms with E-state index in [2.05, 4.69) is 33.0 Å². The Balaban J connectivity index is 2.12. The van der Waals surface area contributed by atoms with Gasteiger partial charge in [-0.3, -0.25) is 0 Å². The average molecular weight is 238 g/mol. The van der Waals surface area contributed by atoms with Crippen LogP contribution in [-0.4, -0.2) is 18.1 Å². The average Bonchev–Trinajstić information content (AvgIpc) is 2.76. The quantitative estimate of drug-likeness (QED) is 0.857. The van der Waals surface area contributed by atoms with Crippen LogP contribution in [0.25, 0.3) is 0 Å². The minimum absolute atomic E-state index is 0.196. The van der Waals surface area contributed by atoms with Gasteiger partial charge in [-0.05, 0) is 38.8 Å². The van der Waals surface area contributed by atoms with Gasteiger partial charge in [0.15, 0.2) is 0 Å². The van der Waals surface area contributed by atoms with Gasteiger partial charge in [-0.25, -0.2) is 4.98 Å². The number of hydrogen-bond donors (Lipinski definition) is 1. The number of rotatable bonds is 2. The molecule has 2 heterocycles. The van der Waals surface area contributed by atoms with Gasteiger partial charge in [0.25, 0.3) is 0 Å². The van der Waals surface area contributed by atoms with Gasteiger partial charge < -0.3 is 5.32 Å². The molecule has 1 unspecified atom stereocenters. The van der Waals surface area contributed by atoms with E-state index in [1.54, 1.807) is 0 Å². The Hall–Kier alpha value is -0.410.